The van der Waals surface area contributed by atoms with Crippen molar-refractivity contribution < 1.29 is 5.11 Å². The topological polar surface area (TPSA) is 36.4 Å². The molecule has 3 nitrogen and oxygen atoms in total. The van der Waals surface area contributed by atoms with Crippen molar-refractivity contribution in [1.82, 2.24) is 4.98 Å². The summed E-state index contributed by atoms with van der Waals surface area (Å²) in [6, 6.07) is 4.56. The lowest BCUT2D eigenvalue weighted by molar-refractivity contribution is 0.169. The van der Waals surface area contributed by atoms with Crippen LogP contribution >= 0.6 is 0 Å². The molecular weight excluding hydrogens is 236 g/mol. The maximum atomic E-state index is 9.78. The lowest BCUT2D eigenvalue weighted by atomic mass is 10.1. The van der Waals surface area contributed by atoms with Crippen molar-refractivity contribution in [3.63, 3.8) is 0 Å². The van der Waals surface area contributed by atoms with Crippen LogP contribution in [0.3, 0.4) is 0 Å². The summed E-state index contributed by atoms with van der Waals surface area (Å²) in [6.07, 6.45) is 5.69. The number of hydrogen-bond acceptors (Lipinski definition) is 3. The predicted molar refractivity (Wildman–Crippen MR) is 81.5 cm³/mol. The zero-order valence-corrected chi connectivity index (χ0v) is 12.8. The molecule has 0 aliphatic carbocycles. The highest BCUT2D eigenvalue weighted by Crippen LogP contribution is 2.21. The summed E-state index contributed by atoms with van der Waals surface area (Å²) in [7, 11) is 0. The number of nitrogens with zero attached hydrogens (tertiary/aromatic N) is 2. The average Bonchev–Trinajstić information content (AvgIpc) is 2.47. The minimum absolute atomic E-state index is 0.443. The number of unbranched alkanes of at least 4 members (excludes halogenated alkanes) is 1. The molecule has 0 saturated heterocycles. The van der Waals surface area contributed by atoms with Gasteiger partial charge in [0.1, 0.15) is 0 Å². The van der Waals surface area contributed by atoms with Gasteiger partial charge in [0.15, 0.2) is 0 Å². The second-order valence-electron chi connectivity index (χ2n) is 5.17. The number of aromatic nitrogens is 1. The molecule has 1 aromatic rings. The van der Waals surface area contributed by atoms with Crippen LogP contribution in [0.5, 0.6) is 0 Å². The summed E-state index contributed by atoms with van der Waals surface area (Å²) in [6.45, 7) is 9.72. The summed E-state index contributed by atoms with van der Waals surface area (Å²) in [5.41, 5.74) is 1.93. The Morgan fingerprint density at radius 2 is 1.95 bits per heavy atom. The van der Waals surface area contributed by atoms with E-state index in [4.69, 9.17) is 0 Å². The first-order valence-corrected chi connectivity index (χ1v) is 7.54. The fourth-order valence-corrected chi connectivity index (χ4v) is 2.13. The molecule has 1 N–H and O–H groups in total. The highest BCUT2D eigenvalue weighted by atomic mass is 16.3. The fourth-order valence-electron chi connectivity index (χ4n) is 2.13. The molecule has 0 bridgehead atoms. The van der Waals surface area contributed by atoms with Gasteiger partial charge in [-0.2, -0.15) is 0 Å². The van der Waals surface area contributed by atoms with Gasteiger partial charge in [-0.25, -0.2) is 0 Å². The van der Waals surface area contributed by atoms with E-state index in [0.29, 0.717) is 12.5 Å². The van der Waals surface area contributed by atoms with Gasteiger partial charge < -0.3 is 10.0 Å². The van der Waals surface area contributed by atoms with Crippen LogP contribution in [0.1, 0.15) is 65.2 Å². The summed E-state index contributed by atoms with van der Waals surface area (Å²) < 4.78 is 0. The molecule has 108 valence electrons. The van der Waals surface area contributed by atoms with Crippen molar-refractivity contribution in [2.45, 2.75) is 65.5 Å². The van der Waals surface area contributed by atoms with Crippen LogP contribution < -0.4 is 4.90 Å². The van der Waals surface area contributed by atoms with Crippen molar-refractivity contribution in [3.05, 3.63) is 24.0 Å². The Bertz CT molecular complexity index is 350. The van der Waals surface area contributed by atoms with Crippen LogP contribution in [0, 0.1) is 0 Å². The molecule has 0 aliphatic heterocycles. The summed E-state index contributed by atoms with van der Waals surface area (Å²) >= 11 is 0. The van der Waals surface area contributed by atoms with Gasteiger partial charge >= 0.3 is 0 Å². The molecule has 0 aliphatic rings. The first-order chi connectivity index (χ1) is 9.13. The molecule has 19 heavy (non-hydrogen) atoms. The zero-order valence-electron chi connectivity index (χ0n) is 12.8. The van der Waals surface area contributed by atoms with Crippen LogP contribution in [-0.4, -0.2) is 22.7 Å². The predicted octanol–water partition coefficient (Wildman–Crippen LogP) is 3.93. The maximum absolute atomic E-state index is 9.78. The zero-order chi connectivity index (χ0) is 14.3. The van der Waals surface area contributed by atoms with E-state index in [0.717, 1.165) is 24.3 Å². The van der Waals surface area contributed by atoms with E-state index in [1.54, 1.807) is 0 Å². The van der Waals surface area contributed by atoms with Gasteiger partial charge in [0.25, 0.3) is 0 Å². The molecule has 1 rings (SSSR count). The minimum atomic E-state index is -0.443. The maximum Gasteiger partial charge on any atom is 0.0957 e. The van der Waals surface area contributed by atoms with E-state index >= 15 is 0 Å². The average molecular weight is 264 g/mol. The lowest BCUT2D eigenvalue weighted by Crippen LogP contribution is -2.33. The van der Waals surface area contributed by atoms with Crippen molar-refractivity contribution >= 4 is 5.69 Å². The number of aliphatic hydroxyl groups excluding tert-OH is 1. The Morgan fingerprint density at radius 1 is 1.21 bits per heavy atom. The molecule has 0 aromatic carbocycles. The third-order valence-corrected chi connectivity index (χ3v) is 3.71. The first kappa shape index (κ1) is 16.0. The fraction of sp³-hybridized carbons (Fsp3) is 0.688. The SMILES string of the molecule is CCCCN(c1ccc([C@@H](O)CC)nc1)C(C)CC. The molecule has 2 atom stereocenters. The molecule has 0 radical (unpaired) electrons. The van der Waals surface area contributed by atoms with Crippen LogP contribution in [-0.2, 0) is 0 Å². The van der Waals surface area contributed by atoms with Crippen molar-refractivity contribution in [2.75, 3.05) is 11.4 Å². The van der Waals surface area contributed by atoms with Crippen molar-refractivity contribution in [1.29, 1.82) is 0 Å². The Balaban J connectivity index is 2.84. The highest BCUT2D eigenvalue weighted by molar-refractivity contribution is 5.45. The van der Waals surface area contributed by atoms with E-state index < -0.39 is 6.10 Å². The number of hydrogen-bond donors (Lipinski definition) is 1. The molecule has 0 amide bonds. The van der Waals surface area contributed by atoms with Gasteiger partial charge in [-0.05, 0) is 38.3 Å². The Kier molecular flexibility index (Phi) is 6.85. The molecule has 0 saturated carbocycles. The van der Waals surface area contributed by atoms with Crippen molar-refractivity contribution in [2.24, 2.45) is 0 Å². The van der Waals surface area contributed by atoms with Gasteiger partial charge in [0.05, 0.1) is 23.7 Å². The Morgan fingerprint density at radius 3 is 2.42 bits per heavy atom. The van der Waals surface area contributed by atoms with Crippen LogP contribution in [0.4, 0.5) is 5.69 Å². The van der Waals surface area contributed by atoms with Gasteiger partial charge in [-0.3, -0.25) is 4.98 Å². The Labute approximate surface area is 117 Å². The molecule has 1 aromatic heterocycles. The second-order valence-corrected chi connectivity index (χ2v) is 5.17. The van der Waals surface area contributed by atoms with Crippen molar-refractivity contribution in [3.8, 4) is 0 Å². The third-order valence-electron chi connectivity index (χ3n) is 3.71. The Hall–Kier alpha value is -1.09. The molecule has 1 heterocycles. The smallest absolute Gasteiger partial charge is 0.0957 e. The third kappa shape index (κ3) is 4.50. The van der Waals surface area contributed by atoms with Gasteiger partial charge in [-0.1, -0.05) is 27.2 Å². The minimum Gasteiger partial charge on any atom is -0.387 e. The first-order valence-electron chi connectivity index (χ1n) is 7.54. The number of pyridine rings is 1. The van der Waals surface area contributed by atoms with Crippen LogP contribution in [0.15, 0.2) is 18.3 Å². The number of rotatable bonds is 8. The van der Waals surface area contributed by atoms with Gasteiger partial charge in [-0.15, -0.1) is 0 Å². The van der Waals surface area contributed by atoms with E-state index in [-0.39, 0.29) is 0 Å². The summed E-state index contributed by atoms with van der Waals surface area (Å²) in [4.78, 5) is 6.82. The van der Waals surface area contributed by atoms with Crippen LogP contribution in [0.2, 0.25) is 0 Å². The van der Waals surface area contributed by atoms with E-state index in [1.807, 2.05) is 19.2 Å². The number of aliphatic hydroxyl groups is 1. The summed E-state index contributed by atoms with van der Waals surface area (Å²) in [5, 5.41) is 9.78. The standard InChI is InChI=1S/C16H28N2O/c1-5-8-11-18(13(4)6-2)14-9-10-15(17-12-14)16(19)7-3/h9-10,12-13,16,19H,5-8,11H2,1-4H3/t13?,16-/m0/s1. The van der Waals surface area contributed by atoms with E-state index in [9.17, 15) is 5.11 Å². The molecule has 0 fully saturated rings. The monoisotopic (exact) mass is 264 g/mol. The van der Waals surface area contributed by atoms with E-state index in [1.165, 1.54) is 12.8 Å². The van der Waals surface area contributed by atoms with E-state index in [2.05, 4.69) is 36.7 Å². The quantitative estimate of drug-likeness (QED) is 0.773. The van der Waals surface area contributed by atoms with Gasteiger partial charge in [0.2, 0.25) is 0 Å². The van der Waals surface area contributed by atoms with Crippen LogP contribution in [0.25, 0.3) is 0 Å². The normalized spacial score (nSPS) is 14.2. The second kappa shape index (κ2) is 8.16. The molecular formula is C16H28N2O. The van der Waals surface area contributed by atoms with Gasteiger partial charge in [0, 0.05) is 12.6 Å². The molecule has 1 unspecified atom stereocenters. The lowest BCUT2D eigenvalue weighted by Gasteiger charge is -2.30. The molecule has 0 spiro atoms. The highest BCUT2D eigenvalue weighted by Gasteiger charge is 2.14. The molecule has 3 heteroatoms. The largest absolute Gasteiger partial charge is 0.387 e. The number of anilines is 1. The summed E-state index contributed by atoms with van der Waals surface area (Å²) in [5.74, 6) is 0.